The zero-order valence-corrected chi connectivity index (χ0v) is 15.1. The molecule has 26 heavy (non-hydrogen) atoms. The Morgan fingerprint density at radius 3 is 2.73 bits per heavy atom. The largest absolute Gasteiger partial charge is 0.497 e. The molecule has 1 atom stereocenters. The summed E-state index contributed by atoms with van der Waals surface area (Å²) in [4.78, 5) is 41.0. The number of amides is 3. The van der Waals surface area contributed by atoms with Gasteiger partial charge in [-0.05, 0) is 24.1 Å². The molecular formula is C19H25N3O4. The highest BCUT2D eigenvalue weighted by atomic mass is 16.5. The van der Waals surface area contributed by atoms with Crippen LogP contribution in [0.15, 0.2) is 24.3 Å². The van der Waals surface area contributed by atoms with E-state index in [0.717, 1.165) is 24.1 Å². The third-order valence-corrected chi connectivity index (χ3v) is 5.14. The van der Waals surface area contributed by atoms with Crippen LogP contribution in [-0.4, -0.2) is 79.3 Å². The van der Waals surface area contributed by atoms with Crippen molar-refractivity contribution in [3.8, 4) is 5.75 Å². The highest BCUT2D eigenvalue weighted by molar-refractivity contribution is 5.89. The molecule has 3 amide bonds. The van der Waals surface area contributed by atoms with Crippen molar-refractivity contribution in [2.45, 2.75) is 12.8 Å². The fraction of sp³-hybridized carbons (Fsp3) is 0.526. The summed E-state index contributed by atoms with van der Waals surface area (Å²) < 4.78 is 5.22. The van der Waals surface area contributed by atoms with Gasteiger partial charge in [-0.1, -0.05) is 12.1 Å². The molecule has 2 aliphatic rings. The number of carbonyl (C=O) groups is 3. The van der Waals surface area contributed by atoms with Crippen LogP contribution in [0.1, 0.15) is 12.0 Å². The normalized spacial score (nSPS) is 20.4. The number of benzene rings is 1. The van der Waals surface area contributed by atoms with Crippen molar-refractivity contribution in [3.63, 3.8) is 0 Å². The van der Waals surface area contributed by atoms with Gasteiger partial charge in [0, 0.05) is 45.7 Å². The molecule has 0 aliphatic carbocycles. The third-order valence-electron chi connectivity index (χ3n) is 5.14. The summed E-state index contributed by atoms with van der Waals surface area (Å²) in [6.45, 7) is 3.31. The predicted octanol–water partition coefficient (Wildman–Crippen LogP) is 0.387. The van der Waals surface area contributed by atoms with Crippen molar-refractivity contribution in [1.29, 1.82) is 0 Å². The van der Waals surface area contributed by atoms with Gasteiger partial charge in [0.2, 0.25) is 18.2 Å². The van der Waals surface area contributed by atoms with E-state index in [4.69, 9.17) is 4.74 Å². The molecule has 7 heteroatoms. The summed E-state index contributed by atoms with van der Waals surface area (Å²) in [5.41, 5.74) is 1.11. The van der Waals surface area contributed by atoms with Crippen LogP contribution in [0.25, 0.3) is 0 Å². The average Bonchev–Trinajstić information content (AvgIpc) is 3.06. The molecule has 1 aromatic rings. The smallest absolute Gasteiger partial charge is 0.228 e. The lowest BCUT2D eigenvalue weighted by Crippen LogP contribution is -2.50. The van der Waals surface area contributed by atoms with Gasteiger partial charge in [0.05, 0.1) is 13.0 Å². The first-order chi connectivity index (χ1) is 12.6. The maximum atomic E-state index is 12.7. The summed E-state index contributed by atoms with van der Waals surface area (Å²) in [6.07, 6.45) is 1.84. The van der Waals surface area contributed by atoms with E-state index in [0.29, 0.717) is 39.3 Å². The Hall–Kier alpha value is -2.57. The first-order valence-electron chi connectivity index (χ1n) is 8.99. The zero-order chi connectivity index (χ0) is 18.5. The Kier molecular flexibility index (Phi) is 5.75. The maximum Gasteiger partial charge on any atom is 0.228 e. The van der Waals surface area contributed by atoms with Crippen molar-refractivity contribution >= 4 is 18.2 Å². The molecule has 1 unspecified atom stereocenters. The number of likely N-dealkylation sites (tertiary alicyclic amines) is 1. The molecule has 1 aromatic carbocycles. The predicted molar refractivity (Wildman–Crippen MR) is 95.6 cm³/mol. The zero-order valence-electron chi connectivity index (χ0n) is 15.1. The van der Waals surface area contributed by atoms with Crippen LogP contribution in [0.4, 0.5) is 0 Å². The molecule has 2 saturated heterocycles. The van der Waals surface area contributed by atoms with Crippen LogP contribution >= 0.6 is 0 Å². The van der Waals surface area contributed by atoms with Gasteiger partial charge >= 0.3 is 0 Å². The number of rotatable bonds is 6. The molecule has 0 radical (unpaired) electrons. The summed E-state index contributed by atoms with van der Waals surface area (Å²) in [5.74, 6) is 0.610. The molecule has 0 saturated carbocycles. The lowest BCUT2D eigenvalue weighted by molar-refractivity contribution is -0.139. The summed E-state index contributed by atoms with van der Waals surface area (Å²) in [5, 5.41) is 0. The SMILES string of the molecule is COc1cccc(CCN2CC(C(=O)N3CCN(C=O)CC3)CC2=O)c1. The average molecular weight is 359 g/mol. The van der Waals surface area contributed by atoms with Gasteiger partial charge in [-0.25, -0.2) is 0 Å². The molecule has 0 spiro atoms. The number of hydrogen-bond donors (Lipinski definition) is 0. The van der Waals surface area contributed by atoms with E-state index < -0.39 is 0 Å². The van der Waals surface area contributed by atoms with Crippen molar-refractivity contribution in [2.24, 2.45) is 5.92 Å². The van der Waals surface area contributed by atoms with Gasteiger partial charge in [-0.15, -0.1) is 0 Å². The molecule has 140 valence electrons. The third kappa shape index (κ3) is 4.15. The van der Waals surface area contributed by atoms with Gasteiger partial charge in [-0.2, -0.15) is 0 Å². The Balaban J connectivity index is 1.51. The van der Waals surface area contributed by atoms with E-state index in [2.05, 4.69) is 0 Å². The fourth-order valence-electron chi connectivity index (χ4n) is 3.55. The first kappa shape index (κ1) is 18.2. The maximum absolute atomic E-state index is 12.7. The Bertz CT molecular complexity index is 671. The molecule has 2 fully saturated rings. The molecule has 0 bridgehead atoms. The summed E-state index contributed by atoms with van der Waals surface area (Å²) in [7, 11) is 1.63. The van der Waals surface area contributed by atoms with Crippen LogP contribution in [-0.2, 0) is 20.8 Å². The number of piperazine rings is 1. The molecule has 0 N–H and O–H groups in total. The molecule has 3 rings (SSSR count). The van der Waals surface area contributed by atoms with Gasteiger partial charge < -0.3 is 19.4 Å². The number of methoxy groups -OCH3 is 1. The number of carbonyl (C=O) groups excluding carboxylic acids is 3. The van der Waals surface area contributed by atoms with Crippen LogP contribution in [0.2, 0.25) is 0 Å². The van der Waals surface area contributed by atoms with Crippen LogP contribution in [0.5, 0.6) is 5.75 Å². The minimum absolute atomic E-state index is 0.0350. The fourth-order valence-corrected chi connectivity index (χ4v) is 3.55. The van der Waals surface area contributed by atoms with Gasteiger partial charge in [0.25, 0.3) is 0 Å². The topological polar surface area (TPSA) is 70.2 Å². The van der Waals surface area contributed by atoms with Crippen LogP contribution in [0, 0.1) is 5.92 Å². The molecule has 2 aliphatic heterocycles. The van der Waals surface area contributed by atoms with Crippen molar-refractivity contribution in [3.05, 3.63) is 29.8 Å². The van der Waals surface area contributed by atoms with Crippen molar-refractivity contribution in [1.82, 2.24) is 14.7 Å². The quantitative estimate of drug-likeness (QED) is 0.689. The van der Waals surface area contributed by atoms with Crippen molar-refractivity contribution < 1.29 is 19.1 Å². The van der Waals surface area contributed by atoms with E-state index in [1.165, 1.54) is 0 Å². The minimum Gasteiger partial charge on any atom is -0.497 e. The van der Waals surface area contributed by atoms with E-state index in [9.17, 15) is 14.4 Å². The highest BCUT2D eigenvalue weighted by Gasteiger charge is 2.36. The Morgan fingerprint density at radius 2 is 2.04 bits per heavy atom. The highest BCUT2D eigenvalue weighted by Crippen LogP contribution is 2.22. The van der Waals surface area contributed by atoms with E-state index in [1.54, 1.807) is 21.8 Å². The van der Waals surface area contributed by atoms with Crippen LogP contribution < -0.4 is 4.74 Å². The first-order valence-corrected chi connectivity index (χ1v) is 8.99. The lowest BCUT2D eigenvalue weighted by Gasteiger charge is -2.33. The van der Waals surface area contributed by atoms with Crippen LogP contribution in [0.3, 0.4) is 0 Å². The minimum atomic E-state index is -0.268. The monoisotopic (exact) mass is 359 g/mol. The van der Waals surface area contributed by atoms with E-state index >= 15 is 0 Å². The van der Waals surface area contributed by atoms with Gasteiger partial charge in [0.1, 0.15) is 5.75 Å². The second-order valence-electron chi connectivity index (χ2n) is 6.81. The molecule has 2 heterocycles. The standard InChI is InChI=1S/C19H25N3O4/c1-26-17-4-2-3-15(11-17)5-6-22-13-16(12-18(22)24)19(25)21-9-7-20(14-23)8-10-21/h2-4,11,14,16H,5-10,12-13H2,1H3. The molecular weight excluding hydrogens is 334 g/mol. The Labute approximate surface area is 153 Å². The van der Waals surface area contributed by atoms with E-state index in [1.807, 2.05) is 24.3 Å². The summed E-state index contributed by atoms with van der Waals surface area (Å²) in [6, 6.07) is 7.81. The molecule has 0 aromatic heterocycles. The number of hydrogen-bond acceptors (Lipinski definition) is 4. The lowest BCUT2D eigenvalue weighted by atomic mass is 10.1. The van der Waals surface area contributed by atoms with Gasteiger partial charge in [0.15, 0.2) is 0 Å². The summed E-state index contributed by atoms with van der Waals surface area (Å²) >= 11 is 0. The van der Waals surface area contributed by atoms with Gasteiger partial charge in [-0.3, -0.25) is 14.4 Å². The van der Waals surface area contributed by atoms with E-state index in [-0.39, 0.29) is 24.2 Å². The number of nitrogens with zero attached hydrogens (tertiary/aromatic N) is 3. The molecule has 7 nitrogen and oxygen atoms in total. The second kappa shape index (κ2) is 8.21. The number of ether oxygens (including phenoxy) is 1. The van der Waals surface area contributed by atoms with Crippen molar-refractivity contribution in [2.75, 3.05) is 46.4 Å². The Morgan fingerprint density at radius 1 is 1.27 bits per heavy atom. The second-order valence-corrected chi connectivity index (χ2v) is 6.81.